The normalized spacial score (nSPS) is 24.4. The van der Waals surface area contributed by atoms with E-state index < -0.39 is 0 Å². The van der Waals surface area contributed by atoms with Gasteiger partial charge >= 0.3 is 0 Å². The quantitative estimate of drug-likeness (QED) is 0.328. The topological polar surface area (TPSA) is 34.1 Å². The number of rotatable bonds is 0. The van der Waals surface area contributed by atoms with Crippen LogP contribution in [-0.4, -0.2) is 11.6 Å². The second-order valence-electron chi connectivity index (χ2n) is 10.5. The first-order chi connectivity index (χ1) is 16.8. The number of ketones is 2. The second-order valence-corrected chi connectivity index (χ2v) is 10.5. The molecule has 0 heterocycles. The van der Waals surface area contributed by atoms with Gasteiger partial charge in [-0.3, -0.25) is 9.59 Å². The monoisotopic (exact) mass is 472 g/mol. The van der Waals surface area contributed by atoms with Crippen LogP contribution in [0.2, 0.25) is 0 Å². The minimum absolute atomic E-state index is 0.493. The minimum atomic E-state index is 0.493. The lowest BCUT2D eigenvalue weighted by Crippen LogP contribution is -1.97. The van der Waals surface area contributed by atoms with Crippen molar-refractivity contribution in [2.75, 3.05) is 0 Å². The second kappa shape index (κ2) is 24.9. The number of allylic oxidation sites excluding steroid dienone is 4. The van der Waals surface area contributed by atoms with Crippen molar-refractivity contribution in [3.8, 4) is 0 Å². The highest BCUT2D eigenvalue weighted by molar-refractivity contribution is 5.78. The highest BCUT2D eigenvalue weighted by Crippen LogP contribution is 2.14. The molecule has 0 aliphatic heterocycles. The fourth-order valence-corrected chi connectivity index (χ4v) is 4.83. The van der Waals surface area contributed by atoms with Gasteiger partial charge in [0, 0.05) is 25.7 Å². The van der Waals surface area contributed by atoms with E-state index in [1.54, 1.807) is 0 Å². The molecule has 0 fully saturated rings. The first kappa shape index (κ1) is 30.9. The predicted octanol–water partition coefficient (Wildman–Crippen LogP) is 10.4. The Morgan fingerprint density at radius 2 is 0.500 bits per heavy atom. The van der Waals surface area contributed by atoms with Gasteiger partial charge in [0.2, 0.25) is 0 Å². The van der Waals surface area contributed by atoms with Crippen LogP contribution in [0.15, 0.2) is 24.3 Å². The van der Waals surface area contributed by atoms with Crippen molar-refractivity contribution in [1.29, 1.82) is 0 Å². The van der Waals surface area contributed by atoms with E-state index in [-0.39, 0.29) is 0 Å². The molecule has 34 heavy (non-hydrogen) atoms. The molecule has 0 spiro atoms. The van der Waals surface area contributed by atoms with Crippen molar-refractivity contribution >= 4 is 11.6 Å². The van der Waals surface area contributed by atoms with Crippen LogP contribution >= 0.6 is 0 Å². The number of carbonyl (C=O) groups is 2. The lowest BCUT2D eigenvalue weighted by Gasteiger charge is -2.03. The van der Waals surface area contributed by atoms with Crippen molar-refractivity contribution in [2.45, 2.75) is 167 Å². The van der Waals surface area contributed by atoms with Crippen molar-refractivity contribution in [2.24, 2.45) is 0 Å². The van der Waals surface area contributed by atoms with Gasteiger partial charge in [0.25, 0.3) is 0 Å². The molecule has 2 aliphatic rings. The Morgan fingerprint density at radius 1 is 0.294 bits per heavy atom. The average Bonchev–Trinajstić information content (AvgIpc) is 2.83. The Bertz CT molecular complexity index is 531. The maximum atomic E-state index is 11.6. The van der Waals surface area contributed by atoms with E-state index in [1.807, 2.05) is 0 Å². The molecule has 2 aliphatic carbocycles. The van der Waals surface area contributed by atoms with Crippen molar-refractivity contribution in [3.63, 3.8) is 0 Å². The third-order valence-electron chi connectivity index (χ3n) is 7.14. The summed E-state index contributed by atoms with van der Waals surface area (Å²) in [5.41, 5.74) is 0. The number of hydrogen-bond acceptors (Lipinski definition) is 2. The van der Waals surface area contributed by atoms with Crippen LogP contribution < -0.4 is 0 Å². The molecule has 0 N–H and O–H groups in total. The van der Waals surface area contributed by atoms with E-state index in [0.717, 1.165) is 51.4 Å². The molecule has 0 aromatic carbocycles. The van der Waals surface area contributed by atoms with Crippen LogP contribution in [0.5, 0.6) is 0 Å². The molecule has 2 rings (SSSR count). The minimum Gasteiger partial charge on any atom is -0.300 e. The van der Waals surface area contributed by atoms with Gasteiger partial charge in [0.05, 0.1) is 0 Å². The highest BCUT2D eigenvalue weighted by Gasteiger charge is 2.03. The van der Waals surface area contributed by atoms with Gasteiger partial charge in [-0.05, 0) is 77.0 Å². The highest BCUT2D eigenvalue weighted by atomic mass is 16.1. The molecule has 0 radical (unpaired) electrons. The molecule has 0 aromatic heterocycles. The summed E-state index contributed by atoms with van der Waals surface area (Å²) in [7, 11) is 0. The third-order valence-corrected chi connectivity index (χ3v) is 7.14. The molecular weight excluding hydrogens is 416 g/mol. The molecule has 2 heteroatoms. The number of hydrogen-bond donors (Lipinski definition) is 0. The summed E-state index contributed by atoms with van der Waals surface area (Å²) in [4.78, 5) is 23.1. The smallest absolute Gasteiger partial charge is 0.132 e. The molecule has 0 saturated heterocycles. The van der Waals surface area contributed by atoms with Crippen molar-refractivity contribution < 1.29 is 9.59 Å². The number of carbonyl (C=O) groups excluding carboxylic acids is 2. The van der Waals surface area contributed by atoms with Gasteiger partial charge < -0.3 is 0 Å². The van der Waals surface area contributed by atoms with Crippen LogP contribution in [0.25, 0.3) is 0 Å². The van der Waals surface area contributed by atoms with E-state index in [0.29, 0.717) is 11.6 Å². The Kier molecular flexibility index (Phi) is 22.6. The van der Waals surface area contributed by atoms with Gasteiger partial charge in [-0.15, -0.1) is 0 Å². The summed E-state index contributed by atoms with van der Waals surface area (Å²) in [6.45, 7) is 0. The van der Waals surface area contributed by atoms with Crippen LogP contribution in [0.3, 0.4) is 0 Å². The summed E-state index contributed by atoms with van der Waals surface area (Å²) >= 11 is 0. The zero-order valence-corrected chi connectivity index (χ0v) is 22.5. The Morgan fingerprint density at radius 3 is 0.794 bits per heavy atom. The fourth-order valence-electron chi connectivity index (χ4n) is 4.83. The van der Waals surface area contributed by atoms with Gasteiger partial charge in [-0.2, -0.15) is 0 Å². The first-order valence-electron chi connectivity index (χ1n) is 15.1. The SMILES string of the molecule is O=C1CCCCC/C=C/CCCCCCCC1.O=C1CCCCCC/C=C/CCCCCCC1. The van der Waals surface area contributed by atoms with Gasteiger partial charge in [-0.1, -0.05) is 88.5 Å². The third kappa shape index (κ3) is 22.6. The average molecular weight is 473 g/mol. The maximum Gasteiger partial charge on any atom is 0.132 e. The summed E-state index contributed by atoms with van der Waals surface area (Å²) < 4.78 is 0. The molecule has 0 atom stereocenters. The van der Waals surface area contributed by atoms with Gasteiger partial charge in [0.15, 0.2) is 0 Å². The van der Waals surface area contributed by atoms with Crippen LogP contribution in [0, 0.1) is 0 Å². The first-order valence-corrected chi connectivity index (χ1v) is 15.1. The van der Waals surface area contributed by atoms with Crippen LogP contribution in [0.1, 0.15) is 167 Å². The van der Waals surface area contributed by atoms with E-state index in [2.05, 4.69) is 24.3 Å². The summed E-state index contributed by atoms with van der Waals surface area (Å²) in [5.74, 6) is 0.990. The summed E-state index contributed by atoms with van der Waals surface area (Å²) in [6.07, 6.45) is 40.2. The van der Waals surface area contributed by atoms with E-state index in [9.17, 15) is 9.59 Å². The summed E-state index contributed by atoms with van der Waals surface area (Å²) in [6, 6.07) is 0. The van der Waals surface area contributed by atoms with Gasteiger partial charge in [-0.25, -0.2) is 0 Å². The molecule has 2 nitrogen and oxygen atoms in total. The van der Waals surface area contributed by atoms with Crippen LogP contribution in [0.4, 0.5) is 0 Å². The zero-order chi connectivity index (χ0) is 24.4. The maximum absolute atomic E-state index is 11.6. The lowest BCUT2D eigenvalue weighted by molar-refractivity contribution is -0.120. The predicted molar refractivity (Wildman–Crippen MR) is 148 cm³/mol. The van der Waals surface area contributed by atoms with Crippen molar-refractivity contribution in [1.82, 2.24) is 0 Å². The summed E-state index contributed by atoms with van der Waals surface area (Å²) in [5, 5.41) is 0. The van der Waals surface area contributed by atoms with Gasteiger partial charge in [0.1, 0.15) is 11.6 Å². The Balaban J connectivity index is 0.000000340. The molecule has 0 saturated carbocycles. The van der Waals surface area contributed by atoms with E-state index in [1.165, 1.54) is 116 Å². The number of Topliss-reactive ketones (excluding diaryl/α,β-unsaturated/α-hetero) is 2. The largest absolute Gasteiger partial charge is 0.300 e. The fraction of sp³-hybridized carbons (Fsp3) is 0.812. The standard InChI is InChI=1S/2C16H28O/c2*17-16-14-12-10-8-6-4-2-1-3-5-7-9-11-13-15-16/h2,4H,1,3,5-15H2;1-2H,3-15H2/b4-2+;2-1+. The molecule has 196 valence electrons. The lowest BCUT2D eigenvalue weighted by atomic mass is 10.0. The van der Waals surface area contributed by atoms with Crippen molar-refractivity contribution in [3.05, 3.63) is 24.3 Å². The van der Waals surface area contributed by atoms with Crippen LogP contribution in [-0.2, 0) is 9.59 Å². The molecular formula is C32H56O2. The molecule has 0 unspecified atom stereocenters. The van der Waals surface area contributed by atoms with E-state index in [4.69, 9.17) is 0 Å². The Labute approximate surface area is 212 Å². The zero-order valence-electron chi connectivity index (χ0n) is 22.5. The molecule has 0 amide bonds. The Hall–Kier alpha value is -1.18. The van der Waals surface area contributed by atoms with E-state index >= 15 is 0 Å². The molecule has 0 bridgehead atoms. The molecule has 0 aromatic rings.